The fraction of sp³-hybridized carbons (Fsp3) is 0.261. The van der Waals surface area contributed by atoms with Crippen LogP contribution in [0.5, 0.6) is 0 Å². The van der Waals surface area contributed by atoms with Crippen LogP contribution in [0.15, 0.2) is 54.1 Å². The van der Waals surface area contributed by atoms with Crippen molar-refractivity contribution in [2.75, 3.05) is 22.9 Å². The number of urea groups is 1. The molecule has 0 unspecified atom stereocenters. The third-order valence-corrected chi connectivity index (χ3v) is 5.38. The summed E-state index contributed by atoms with van der Waals surface area (Å²) >= 11 is 0. The summed E-state index contributed by atoms with van der Waals surface area (Å²) in [6, 6.07) is 14.2. The molecule has 0 radical (unpaired) electrons. The molecule has 2 saturated heterocycles. The fourth-order valence-electron chi connectivity index (χ4n) is 3.79. The number of nitrogens with zero attached hydrogens (tertiary/aromatic N) is 2. The van der Waals surface area contributed by atoms with E-state index in [1.54, 1.807) is 12.1 Å². The van der Waals surface area contributed by atoms with Crippen molar-refractivity contribution >= 4 is 35.3 Å². The van der Waals surface area contributed by atoms with Crippen molar-refractivity contribution in [3.05, 3.63) is 65.2 Å². The molecule has 0 bridgehead atoms. The van der Waals surface area contributed by atoms with Crippen LogP contribution >= 0.6 is 0 Å². The highest BCUT2D eigenvalue weighted by molar-refractivity contribution is 6.39. The van der Waals surface area contributed by atoms with Gasteiger partial charge in [-0.2, -0.15) is 0 Å². The van der Waals surface area contributed by atoms with E-state index in [0.717, 1.165) is 34.8 Å². The van der Waals surface area contributed by atoms with Gasteiger partial charge in [0, 0.05) is 18.8 Å². The zero-order valence-electron chi connectivity index (χ0n) is 16.4. The molecule has 0 saturated carbocycles. The van der Waals surface area contributed by atoms with Gasteiger partial charge in [-0.25, -0.2) is 9.69 Å². The SMILES string of the molecule is Cc1ccccc1N1C(=O)NC(=O)C(=Cc2ccc(N3CCCCC3)cc2)C1=O. The topological polar surface area (TPSA) is 69.7 Å². The lowest BCUT2D eigenvalue weighted by atomic mass is 10.0. The monoisotopic (exact) mass is 389 g/mol. The minimum atomic E-state index is -0.730. The van der Waals surface area contributed by atoms with E-state index >= 15 is 0 Å². The van der Waals surface area contributed by atoms with E-state index in [-0.39, 0.29) is 5.57 Å². The van der Waals surface area contributed by atoms with Crippen LogP contribution in [0.4, 0.5) is 16.2 Å². The van der Waals surface area contributed by atoms with Crippen LogP contribution in [0, 0.1) is 6.92 Å². The van der Waals surface area contributed by atoms with Gasteiger partial charge in [0.05, 0.1) is 5.69 Å². The maximum Gasteiger partial charge on any atom is 0.335 e. The second kappa shape index (κ2) is 7.91. The van der Waals surface area contributed by atoms with Crippen LogP contribution < -0.4 is 15.1 Å². The van der Waals surface area contributed by atoms with Gasteiger partial charge in [0.1, 0.15) is 5.57 Å². The van der Waals surface area contributed by atoms with Gasteiger partial charge in [0.25, 0.3) is 11.8 Å². The number of piperidine rings is 1. The Labute approximate surface area is 169 Å². The molecule has 148 valence electrons. The Hall–Kier alpha value is -3.41. The Morgan fingerprint density at radius 3 is 2.28 bits per heavy atom. The number of aryl methyl sites for hydroxylation is 1. The summed E-state index contributed by atoms with van der Waals surface area (Å²) < 4.78 is 0. The van der Waals surface area contributed by atoms with Crippen molar-refractivity contribution in [3.63, 3.8) is 0 Å². The van der Waals surface area contributed by atoms with E-state index < -0.39 is 17.8 Å². The molecule has 0 atom stereocenters. The number of hydrogen-bond acceptors (Lipinski definition) is 4. The first-order chi connectivity index (χ1) is 14.0. The van der Waals surface area contributed by atoms with E-state index in [1.807, 2.05) is 43.3 Å². The average molecular weight is 389 g/mol. The number of amides is 4. The van der Waals surface area contributed by atoms with Crippen LogP contribution in [0.25, 0.3) is 6.08 Å². The molecule has 2 aromatic rings. The minimum Gasteiger partial charge on any atom is -0.372 e. The van der Waals surface area contributed by atoms with Gasteiger partial charge < -0.3 is 4.90 Å². The zero-order valence-corrected chi connectivity index (χ0v) is 16.4. The highest BCUT2D eigenvalue weighted by Gasteiger charge is 2.37. The number of rotatable bonds is 3. The summed E-state index contributed by atoms with van der Waals surface area (Å²) in [6.45, 7) is 3.92. The van der Waals surface area contributed by atoms with Gasteiger partial charge in [-0.15, -0.1) is 0 Å². The second-order valence-corrected chi connectivity index (χ2v) is 7.38. The lowest BCUT2D eigenvalue weighted by molar-refractivity contribution is -0.122. The molecule has 1 N–H and O–H groups in total. The van der Waals surface area contributed by atoms with Crippen LogP contribution in [0.1, 0.15) is 30.4 Å². The van der Waals surface area contributed by atoms with Crippen molar-refractivity contribution < 1.29 is 14.4 Å². The maximum atomic E-state index is 13.0. The van der Waals surface area contributed by atoms with Crippen LogP contribution in [-0.4, -0.2) is 30.9 Å². The van der Waals surface area contributed by atoms with Crippen LogP contribution in [-0.2, 0) is 9.59 Å². The molecule has 6 heteroatoms. The highest BCUT2D eigenvalue weighted by Crippen LogP contribution is 2.26. The third-order valence-electron chi connectivity index (χ3n) is 5.38. The Morgan fingerprint density at radius 2 is 1.59 bits per heavy atom. The molecule has 6 nitrogen and oxygen atoms in total. The molecule has 0 spiro atoms. The third kappa shape index (κ3) is 3.78. The van der Waals surface area contributed by atoms with E-state index in [1.165, 1.54) is 25.3 Å². The summed E-state index contributed by atoms with van der Waals surface area (Å²) in [5.74, 6) is -1.29. The Kier molecular flexibility index (Phi) is 5.16. The quantitative estimate of drug-likeness (QED) is 0.643. The van der Waals surface area contributed by atoms with Crippen molar-refractivity contribution in [1.82, 2.24) is 5.32 Å². The number of hydrogen-bond donors (Lipinski definition) is 1. The van der Waals surface area contributed by atoms with E-state index in [0.29, 0.717) is 5.69 Å². The van der Waals surface area contributed by atoms with Gasteiger partial charge in [0.2, 0.25) is 0 Å². The smallest absolute Gasteiger partial charge is 0.335 e. The molecule has 4 amide bonds. The van der Waals surface area contributed by atoms with E-state index in [9.17, 15) is 14.4 Å². The summed E-state index contributed by atoms with van der Waals surface area (Å²) in [5.41, 5.74) is 3.06. The zero-order chi connectivity index (χ0) is 20.4. The standard InChI is InChI=1S/C23H23N3O3/c1-16-7-3-4-8-20(16)26-22(28)19(21(27)24-23(26)29)15-17-9-11-18(12-10-17)25-13-5-2-6-14-25/h3-4,7-12,15H,2,5-6,13-14H2,1H3,(H,24,27,29). The van der Waals surface area contributed by atoms with Gasteiger partial charge in [-0.1, -0.05) is 30.3 Å². The maximum absolute atomic E-state index is 13.0. The number of benzene rings is 2. The average Bonchev–Trinajstić information content (AvgIpc) is 2.73. The van der Waals surface area contributed by atoms with Gasteiger partial charge in [-0.3, -0.25) is 14.9 Å². The number of barbiturate groups is 1. The Morgan fingerprint density at radius 1 is 0.897 bits per heavy atom. The van der Waals surface area contributed by atoms with Gasteiger partial charge in [0.15, 0.2) is 0 Å². The van der Waals surface area contributed by atoms with Crippen molar-refractivity contribution in [3.8, 4) is 0 Å². The molecule has 2 aliphatic rings. The van der Waals surface area contributed by atoms with Gasteiger partial charge >= 0.3 is 6.03 Å². The summed E-state index contributed by atoms with van der Waals surface area (Å²) in [5, 5.41) is 2.27. The molecule has 0 aromatic heterocycles. The highest BCUT2D eigenvalue weighted by atomic mass is 16.2. The first-order valence-corrected chi connectivity index (χ1v) is 9.87. The molecule has 4 rings (SSSR count). The van der Waals surface area contributed by atoms with E-state index in [2.05, 4.69) is 10.2 Å². The molecule has 29 heavy (non-hydrogen) atoms. The van der Waals surface area contributed by atoms with Crippen LogP contribution in [0.3, 0.4) is 0 Å². The first-order valence-electron chi connectivity index (χ1n) is 9.87. The molecule has 0 aliphatic carbocycles. The van der Waals surface area contributed by atoms with Crippen molar-refractivity contribution in [2.24, 2.45) is 0 Å². The largest absolute Gasteiger partial charge is 0.372 e. The lowest BCUT2D eigenvalue weighted by Gasteiger charge is -2.29. The minimum absolute atomic E-state index is 0.0569. The number of imide groups is 2. The first kappa shape index (κ1) is 18.9. The fourth-order valence-corrected chi connectivity index (χ4v) is 3.79. The molecule has 2 aromatic carbocycles. The molecular formula is C23H23N3O3. The summed E-state index contributed by atoms with van der Waals surface area (Å²) in [6.07, 6.45) is 5.20. The van der Waals surface area contributed by atoms with Gasteiger partial charge in [-0.05, 0) is 61.6 Å². The Balaban J connectivity index is 1.62. The van der Waals surface area contributed by atoms with Crippen molar-refractivity contribution in [1.29, 1.82) is 0 Å². The number of carbonyl (C=O) groups is 3. The number of anilines is 2. The van der Waals surface area contributed by atoms with Crippen molar-refractivity contribution in [2.45, 2.75) is 26.2 Å². The number of nitrogens with one attached hydrogen (secondary N) is 1. The summed E-state index contributed by atoms with van der Waals surface area (Å²) in [7, 11) is 0. The predicted molar refractivity (Wildman–Crippen MR) is 113 cm³/mol. The normalized spacial score (nSPS) is 18.9. The molecule has 2 heterocycles. The second-order valence-electron chi connectivity index (χ2n) is 7.38. The molecular weight excluding hydrogens is 366 g/mol. The molecule has 2 aliphatic heterocycles. The van der Waals surface area contributed by atoms with E-state index in [4.69, 9.17) is 0 Å². The Bertz CT molecular complexity index is 989. The van der Waals surface area contributed by atoms with Crippen LogP contribution in [0.2, 0.25) is 0 Å². The predicted octanol–water partition coefficient (Wildman–Crippen LogP) is 3.65. The number of para-hydroxylation sites is 1. The number of carbonyl (C=O) groups excluding carboxylic acids is 3. The molecule has 2 fully saturated rings. The lowest BCUT2D eigenvalue weighted by Crippen LogP contribution is -2.54. The summed E-state index contributed by atoms with van der Waals surface area (Å²) in [4.78, 5) is 41.0.